The lowest BCUT2D eigenvalue weighted by atomic mass is 9.97. The first-order chi connectivity index (χ1) is 9.02. The normalized spacial score (nSPS) is 12.5. The molecular formula is C15H16BrClN2. The molecule has 4 heteroatoms. The molecule has 100 valence electrons. The smallest absolute Gasteiger partial charge is 0.0721 e. The Morgan fingerprint density at radius 1 is 1.16 bits per heavy atom. The highest BCUT2D eigenvalue weighted by Gasteiger charge is 2.16. The van der Waals surface area contributed by atoms with Gasteiger partial charge in [0.2, 0.25) is 0 Å². The third kappa shape index (κ3) is 3.18. The van der Waals surface area contributed by atoms with Crippen LogP contribution < -0.4 is 11.3 Å². The van der Waals surface area contributed by atoms with Crippen molar-refractivity contribution in [3.05, 3.63) is 68.1 Å². The van der Waals surface area contributed by atoms with Gasteiger partial charge in [-0.3, -0.25) is 5.84 Å². The molecule has 19 heavy (non-hydrogen) atoms. The quantitative estimate of drug-likeness (QED) is 0.647. The van der Waals surface area contributed by atoms with Crippen LogP contribution in [0, 0.1) is 13.8 Å². The molecule has 0 aliphatic rings. The SMILES string of the molecule is Cc1ccc(Br)c(C(NN)c2ccc(C)c(Cl)c2)c1. The molecule has 0 saturated heterocycles. The van der Waals surface area contributed by atoms with Gasteiger partial charge in [-0.2, -0.15) is 0 Å². The van der Waals surface area contributed by atoms with Crippen molar-refractivity contribution in [3.8, 4) is 0 Å². The molecule has 2 nitrogen and oxygen atoms in total. The highest BCUT2D eigenvalue weighted by molar-refractivity contribution is 9.10. The number of rotatable bonds is 3. The minimum atomic E-state index is -0.0904. The van der Waals surface area contributed by atoms with Crippen LogP contribution in [-0.4, -0.2) is 0 Å². The lowest BCUT2D eigenvalue weighted by molar-refractivity contribution is 0.634. The van der Waals surface area contributed by atoms with E-state index in [0.717, 1.165) is 26.2 Å². The molecule has 0 aliphatic carbocycles. The average Bonchev–Trinajstić information content (AvgIpc) is 2.38. The lowest BCUT2D eigenvalue weighted by Crippen LogP contribution is -2.29. The minimum absolute atomic E-state index is 0.0904. The molecule has 0 radical (unpaired) electrons. The zero-order valence-corrected chi connectivity index (χ0v) is 13.2. The fourth-order valence-electron chi connectivity index (χ4n) is 2.04. The van der Waals surface area contributed by atoms with E-state index < -0.39 is 0 Å². The largest absolute Gasteiger partial charge is 0.271 e. The first kappa shape index (κ1) is 14.5. The Kier molecular flexibility index (Phi) is 4.63. The fourth-order valence-corrected chi connectivity index (χ4v) is 2.70. The predicted molar refractivity (Wildman–Crippen MR) is 84.2 cm³/mol. The van der Waals surface area contributed by atoms with E-state index in [1.54, 1.807) is 0 Å². The molecule has 2 rings (SSSR count). The van der Waals surface area contributed by atoms with Crippen molar-refractivity contribution in [1.82, 2.24) is 5.43 Å². The van der Waals surface area contributed by atoms with E-state index in [1.807, 2.05) is 31.2 Å². The monoisotopic (exact) mass is 338 g/mol. The van der Waals surface area contributed by atoms with E-state index in [0.29, 0.717) is 0 Å². The van der Waals surface area contributed by atoms with E-state index in [1.165, 1.54) is 5.56 Å². The maximum absolute atomic E-state index is 6.19. The van der Waals surface area contributed by atoms with Crippen LogP contribution in [0.4, 0.5) is 0 Å². The minimum Gasteiger partial charge on any atom is -0.271 e. The number of hydrogen-bond donors (Lipinski definition) is 2. The van der Waals surface area contributed by atoms with Gasteiger partial charge >= 0.3 is 0 Å². The van der Waals surface area contributed by atoms with Crippen LogP contribution >= 0.6 is 27.5 Å². The van der Waals surface area contributed by atoms with E-state index in [2.05, 4.69) is 40.4 Å². The molecule has 0 amide bonds. The highest BCUT2D eigenvalue weighted by atomic mass is 79.9. The second-order valence-corrected chi connectivity index (χ2v) is 5.89. The van der Waals surface area contributed by atoms with Gasteiger partial charge in [0.15, 0.2) is 0 Å². The van der Waals surface area contributed by atoms with Crippen LogP contribution in [0.25, 0.3) is 0 Å². The van der Waals surface area contributed by atoms with Crippen molar-refractivity contribution >= 4 is 27.5 Å². The van der Waals surface area contributed by atoms with Gasteiger partial charge in [0.25, 0.3) is 0 Å². The van der Waals surface area contributed by atoms with Gasteiger partial charge in [0.05, 0.1) is 6.04 Å². The summed E-state index contributed by atoms with van der Waals surface area (Å²) < 4.78 is 1.03. The summed E-state index contributed by atoms with van der Waals surface area (Å²) in [5.41, 5.74) is 7.26. The summed E-state index contributed by atoms with van der Waals surface area (Å²) in [5, 5.41) is 0.751. The van der Waals surface area contributed by atoms with Crippen molar-refractivity contribution in [3.63, 3.8) is 0 Å². The van der Waals surface area contributed by atoms with E-state index in [9.17, 15) is 0 Å². The van der Waals surface area contributed by atoms with Crippen molar-refractivity contribution in [2.24, 2.45) is 5.84 Å². The van der Waals surface area contributed by atoms with Gasteiger partial charge in [-0.1, -0.05) is 57.4 Å². The molecule has 2 aromatic carbocycles. The van der Waals surface area contributed by atoms with Gasteiger partial charge < -0.3 is 0 Å². The summed E-state index contributed by atoms with van der Waals surface area (Å²) in [7, 11) is 0. The maximum Gasteiger partial charge on any atom is 0.0721 e. The second kappa shape index (κ2) is 6.06. The number of benzene rings is 2. The zero-order valence-electron chi connectivity index (χ0n) is 10.9. The molecule has 0 spiro atoms. The Morgan fingerprint density at radius 2 is 1.89 bits per heavy atom. The highest BCUT2D eigenvalue weighted by Crippen LogP contribution is 2.30. The summed E-state index contributed by atoms with van der Waals surface area (Å²) in [4.78, 5) is 0. The summed E-state index contributed by atoms with van der Waals surface area (Å²) in [6.45, 7) is 4.05. The number of halogens is 2. The first-order valence-corrected chi connectivity index (χ1v) is 7.18. The molecule has 3 N–H and O–H groups in total. The molecule has 0 aromatic heterocycles. The molecule has 0 heterocycles. The summed E-state index contributed by atoms with van der Waals surface area (Å²) in [6.07, 6.45) is 0. The first-order valence-electron chi connectivity index (χ1n) is 6.01. The Morgan fingerprint density at radius 3 is 2.53 bits per heavy atom. The van der Waals surface area contributed by atoms with Crippen molar-refractivity contribution in [2.75, 3.05) is 0 Å². The van der Waals surface area contributed by atoms with E-state index >= 15 is 0 Å². The van der Waals surface area contributed by atoms with Gasteiger partial charge in [-0.25, -0.2) is 5.43 Å². The topological polar surface area (TPSA) is 38.0 Å². The maximum atomic E-state index is 6.19. The number of nitrogens with two attached hydrogens (primary N) is 1. The van der Waals surface area contributed by atoms with Crippen molar-refractivity contribution < 1.29 is 0 Å². The van der Waals surface area contributed by atoms with Crippen LogP contribution in [0.2, 0.25) is 5.02 Å². The summed E-state index contributed by atoms with van der Waals surface area (Å²) >= 11 is 9.77. The third-order valence-corrected chi connectivity index (χ3v) is 4.29. The van der Waals surface area contributed by atoms with Crippen LogP contribution in [0.15, 0.2) is 40.9 Å². The average molecular weight is 340 g/mol. The zero-order chi connectivity index (χ0) is 14.0. The Bertz CT molecular complexity index is 599. The van der Waals surface area contributed by atoms with Crippen molar-refractivity contribution in [1.29, 1.82) is 0 Å². The number of hydrogen-bond acceptors (Lipinski definition) is 2. The molecule has 1 atom stereocenters. The number of aryl methyl sites for hydroxylation is 2. The van der Waals surface area contributed by atoms with Gasteiger partial charge in [-0.05, 0) is 42.7 Å². The predicted octanol–water partition coefficient (Wildman–Crippen LogP) is 4.27. The summed E-state index contributed by atoms with van der Waals surface area (Å²) in [6, 6.07) is 12.1. The molecule has 0 aliphatic heterocycles. The standard InChI is InChI=1S/C15H16BrClN2/c1-9-3-6-13(16)12(7-9)15(19-18)11-5-4-10(2)14(17)8-11/h3-8,15,19H,18H2,1-2H3. The summed E-state index contributed by atoms with van der Waals surface area (Å²) in [5.74, 6) is 5.73. The van der Waals surface area contributed by atoms with E-state index in [-0.39, 0.29) is 6.04 Å². The van der Waals surface area contributed by atoms with Crippen LogP contribution in [-0.2, 0) is 0 Å². The molecular weight excluding hydrogens is 324 g/mol. The molecule has 2 aromatic rings. The van der Waals surface area contributed by atoms with E-state index in [4.69, 9.17) is 17.4 Å². The Labute approximate surface area is 127 Å². The van der Waals surface area contributed by atoms with Gasteiger partial charge in [-0.15, -0.1) is 0 Å². The lowest BCUT2D eigenvalue weighted by Gasteiger charge is -2.19. The molecule has 0 fully saturated rings. The number of hydrazine groups is 1. The van der Waals surface area contributed by atoms with Crippen LogP contribution in [0.5, 0.6) is 0 Å². The third-order valence-electron chi connectivity index (χ3n) is 3.16. The molecule has 0 bridgehead atoms. The number of nitrogens with one attached hydrogen (secondary N) is 1. The van der Waals surface area contributed by atoms with Crippen LogP contribution in [0.3, 0.4) is 0 Å². The molecule has 0 saturated carbocycles. The molecule has 1 unspecified atom stereocenters. The Balaban J connectivity index is 2.49. The van der Waals surface area contributed by atoms with Crippen LogP contribution in [0.1, 0.15) is 28.3 Å². The Hall–Kier alpha value is -0.870. The van der Waals surface area contributed by atoms with Crippen molar-refractivity contribution in [2.45, 2.75) is 19.9 Å². The van der Waals surface area contributed by atoms with Gasteiger partial charge in [0, 0.05) is 9.50 Å². The van der Waals surface area contributed by atoms with Gasteiger partial charge in [0.1, 0.15) is 0 Å². The fraction of sp³-hybridized carbons (Fsp3) is 0.200. The second-order valence-electron chi connectivity index (χ2n) is 4.63.